The average molecular weight is 275 g/mol. The molecule has 20 heavy (non-hydrogen) atoms. The normalized spacial score (nSPS) is 15.8. The van der Waals surface area contributed by atoms with Crippen LogP contribution in [0.25, 0.3) is 0 Å². The molecule has 2 rings (SSSR count). The highest BCUT2D eigenvalue weighted by Crippen LogP contribution is 2.26. The summed E-state index contributed by atoms with van der Waals surface area (Å²) in [6, 6.07) is 9.56. The SMILES string of the molecule is CC[C@H](C)[C@H](N)c1nc(C(OC)c2ccccc2)no1. The number of methoxy groups -OCH3 is 1. The molecule has 1 aromatic heterocycles. The Morgan fingerprint density at radius 2 is 2.00 bits per heavy atom. The minimum atomic E-state index is -0.335. The molecular weight excluding hydrogens is 254 g/mol. The van der Waals surface area contributed by atoms with E-state index in [2.05, 4.69) is 24.0 Å². The van der Waals surface area contributed by atoms with Gasteiger partial charge in [-0.3, -0.25) is 0 Å². The first-order chi connectivity index (χ1) is 9.67. The lowest BCUT2D eigenvalue weighted by atomic mass is 10.0. The second kappa shape index (κ2) is 6.63. The molecule has 0 bridgehead atoms. The zero-order valence-corrected chi connectivity index (χ0v) is 12.1. The Labute approximate surface area is 119 Å². The Morgan fingerprint density at radius 3 is 2.60 bits per heavy atom. The average Bonchev–Trinajstić information content (AvgIpc) is 2.97. The fourth-order valence-electron chi connectivity index (χ4n) is 2.00. The van der Waals surface area contributed by atoms with E-state index in [9.17, 15) is 0 Å². The van der Waals surface area contributed by atoms with Crippen LogP contribution in [0.3, 0.4) is 0 Å². The van der Waals surface area contributed by atoms with Crippen molar-refractivity contribution in [2.75, 3.05) is 7.11 Å². The lowest BCUT2D eigenvalue weighted by Crippen LogP contribution is -2.19. The van der Waals surface area contributed by atoms with Gasteiger partial charge in [0.05, 0.1) is 6.04 Å². The lowest BCUT2D eigenvalue weighted by Gasteiger charge is -2.13. The standard InChI is InChI=1S/C15H21N3O2/c1-4-10(2)12(16)15-17-14(18-20-15)13(19-3)11-8-6-5-7-9-11/h5-10,12-13H,4,16H2,1-3H3/t10-,12-,13?/m0/s1. The highest BCUT2D eigenvalue weighted by molar-refractivity contribution is 5.22. The van der Waals surface area contributed by atoms with Crippen molar-refractivity contribution in [1.82, 2.24) is 10.1 Å². The first-order valence-corrected chi connectivity index (χ1v) is 6.84. The first-order valence-electron chi connectivity index (χ1n) is 6.84. The molecule has 0 radical (unpaired) electrons. The maximum absolute atomic E-state index is 6.11. The Balaban J connectivity index is 2.23. The summed E-state index contributed by atoms with van der Waals surface area (Å²) in [6.45, 7) is 4.16. The Kier molecular flexibility index (Phi) is 4.87. The number of hydrogen-bond donors (Lipinski definition) is 1. The maximum Gasteiger partial charge on any atom is 0.243 e. The second-order valence-electron chi connectivity index (χ2n) is 4.93. The lowest BCUT2D eigenvalue weighted by molar-refractivity contribution is 0.126. The topological polar surface area (TPSA) is 74.2 Å². The van der Waals surface area contributed by atoms with Crippen LogP contribution in [0.2, 0.25) is 0 Å². The number of benzene rings is 1. The largest absolute Gasteiger partial charge is 0.369 e. The van der Waals surface area contributed by atoms with Crippen LogP contribution in [0.5, 0.6) is 0 Å². The smallest absolute Gasteiger partial charge is 0.243 e. The van der Waals surface area contributed by atoms with E-state index in [0.717, 1.165) is 12.0 Å². The van der Waals surface area contributed by atoms with E-state index in [4.69, 9.17) is 15.0 Å². The summed E-state index contributed by atoms with van der Waals surface area (Å²) in [4.78, 5) is 4.40. The Hall–Kier alpha value is -1.72. The van der Waals surface area contributed by atoms with E-state index in [1.807, 2.05) is 30.3 Å². The molecule has 1 heterocycles. The van der Waals surface area contributed by atoms with Gasteiger partial charge in [-0.2, -0.15) is 4.98 Å². The minimum absolute atomic E-state index is 0.241. The van der Waals surface area contributed by atoms with Crippen LogP contribution in [0.4, 0.5) is 0 Å². The Morgan fingerprint density at radius 1 is 1.30 bits per heavy atom. The van der Waals surface area contributed by atoms with Gasteiger partial charge in [-0.1, -0.05) is 55.8 Å². The van der Waals surface area contributed by atoms with E-state index in [0.29, 0.717) is 17.6 Å². The van der Waals surface area contributed by atoms with Gasteiger partial charge in [-0.05, 0) is 11.5 Å². The van der Waals surface area contributed by atoms with Crippen LogP contribution in [0.1, 0.15) is 49.7 Å². The zero-order chi connectivity index (χ0) is 14.5. The number of rotatable bonds is 6. The predicted molar refractivity (Wildman–Crippen MR) is 76.0 cm³/mol. The first kappa shape index (κ1) is 14.7. The molecule has 0 spiro atoms. The van der Waals surface area contributed by atoms with Crippen LogP contribution in [0.15, 0.2) is 34.9 Å². The zero-order valence-electron chi connectivity index (χ0n) is 12.1. The van der Waals surface area contributed by atoms with Gasteiger partial charge in [0.15, 0.2) is 0 Å². The van der Waals surface area contributed by atoms with Crippen LogP contribution in [-0.4, -0.2) is 17.3 Å². The third kappa shape index (κ3) is 3.05. The van der Waals surface area contributed by atoms with Gasteiger partial charge < -0.3 is 15.0 Å². The molecule has 2 N–H and O–H groups in total. The number of aromatic nitrogens is 2. The van der Waals surface area contributed by atoms with E-state index in [1.54, 1.807) is 7.11 Å². The molecule has 5 heteroatoms. The van der Waals surface area contributed by atoms with Crippen molar-refractivity contribution in [1.29, 1.82) is 0 Å². The molecule has 108 valence electrons. The molecule has 1 aromatic carbocycles. The Bertz CT molecular complexity index is 527. The van der Waals surface area contributed by atoms with E-state index < -0.39 is 0 Å². The summed E-state index contributed by atoms with van der Waals surface area (Å²) in [5, 5.41) is 4.01. The van der Waals surface area contributed by atoms with Gasteiger partial charge in [0, 0.05) is 7.11 Å². The molecule has 3 atom stereocenters. The number of hydrogen-bond acceptors (Lipinski definition) is 5. The van der Waals surface area contributed by atoms with Gasteiger partial charge in [0.2, 0.25) is 11.7 Å². The highest BCUT2D eigenvalue weighted by atomic mass is 16.5. The molecule has 0 aliphatic carbocycles. The predicted octanol–water partition coefficient (Wildman–Crippen LogP) is 2.85. The van der Waals surface area contributed by atoms with Crippen molar-refractivity contribution >= 4 is 0 Å². The molecule has 0 fully saturated rings. The fraction of sp³-hybridized carbons (Fsp3) is 0.467. The number of ether oxygens (including phenoxy) is 1. The highest BCUT2D eigenvalue weighted by Gasteiger charge is 2.24. The van der Waals surface area contributed by atoms with Crippen LogP contribution < -0.4 is 5.73 Å². The molecule has 0 amide bonds. The van der Waals surface area contributed by atoms with Gasteiger partial charge in [-0.15, -0.1) is 0 Å². The van der Waals surface area contributed by atoms with Gasteiger partial charge in [-0.25, -0.2) is 0 Å². The summed E-state index contributed by atoms with van der Waals surface area (Å²) in [5.74, 6) is 1.26. The molecule has 1 unspecified atom stereocenters. The molecular formula is C15H21N3O2. The van der Waals surface area contributed by atoms with E-state index >= 15 is 0 Å². The van der Waals surface area contributed by atoms with Gasteiger partial charge in [0.25, 0.3) is 0 Å². The third-order valence-corrected chi connectivity index (χ3v) is 3.57. The van der Waals surface area contributed by atoms with Crippen LogP contribution in [-0.2, 0) is 4.74 Å². The van der Waals surface area contributed by atoms with E-state index in [1.165, 1.54) is 0 Å². The monoisotopic (exact) mass is 275 g/mol. The molecule has 5 nitrogen and oxygen atoms in total. The van der Waals surface area contributed by atoms with E-state index in [-0.39, 0.29) is 12.1 Å². The second-order valence-corrected chi connectivity index (χ2v) is 4.93. The molecule has 0 saturated heterocycles. The van der Waals surface area contributed by atoms with Crippen molar-refractivity contribution in [2.45, 2.75) is 32.4 Å². The molecule has 0 aliphatic rings. The number of nitrogens with two attached hydrogens (primary N) is 1. The quantitative estimate of drug-likeness (QED) is 0.877. The van der Waals surface area contributed by atoms with Crippen molar-refractivity contribution in [2.24, 2.45) is 11.7 Å². The summed E-state index contributed by atoms with van der Waals surface area (Å²) >= 11 is 0. The summed E-state index contributed by atoms with van der Waals surface area (Å²) < 4.78 is 10.8. The third-order valence-electron chi connectivity index (χ3n) is 3.57. The van der Waals surface area contributed by atoms with Crippen molar-refractivity contribution < 1.29 is 9.26 Å². The van der Waals surface area contributed by atoms with Crippen molar-refractivity contribution in [3.05, 3.63) is 47.6 Å². The molecule has 2 aromatic rings. The number of nitrogens with zero attached hydrogens (tertiary/aromatic N) is 2. The van der Waals surface area contributed by atoms with Gasteiger partial charge >= 0.3 is 0 Å². The van der Waals surface area contributed by atoms with Crippen LogP contribution in [0, 0.1) is 5.92 Å². The van der Waals surface area contributed by atoms with Crippen molar-refractivity contribution in [3.8, 4) is 0 Å². The molecule has 0 saturated carbocycles. The molecule has 0 aliphatic heterocycles. The maximum atomic E-state index is 6.11. The van der Waals surface area contributed by atoms with Crippen molar-refractivity contribution in [3.63, 3.8) is 0 Å². The summed E-state index contributed by atoms with van der Waals surface area (Å²) in [7, 11) is 1.63. The summed E-state index contributed by atoms with van der Waals surface area (Å²) in [6.07, 6.45) is 0.628. The van der Waals surface area contributed by atoms with Crippen LogP contribution >= 0.6 is 0 Å². The fourth-order valence-corrected chi connectivity index (χ4v) is 2.00. The minimum Gasteiger partial charge on any atom is -0.369 e. The van der Waals surface area contributed by atoms with Gasteiger partial charge in [0.1, 0.15) is 6.10 Å². The summed E-state index contributed by atoms with van der Waals surface area (Å²) in [5.41, 5.74) is 7.09.